The molecule has 2 aromatic rings. The molecule has 2 rings (SSSR count). The Morgan fingerprint density at radius 2 is 2.17 bits per heavy atom. The lowest BCUT2D eigenvalue weighted by atomic mass is 10.3. The quantitative estimate of drug-likeness (QED) is 0.628. The van der Waals surface area contributed by atoms with Gasteiger partial charge in [0.1, 0.15) is 5.82 Å². The van der Waals surface area contributed by atoms with Crippen LogP contribution >= 0.6 is 0 Å². The van der Waals surface area contributed by atoms with Crippen molar-refractivity contribution in [3.63, 3.8) is 0 Å². The topological polar surface area (TPSA) is 87.5 Å². The number of hydrogen-bond acceptors (Lipinski definition) is 5. The van der Waals surface area contributed by atoms with Crippen LogP contribution in [0.2, 0.25) is 0 Å². The SMILES string of the molecule is O=CNc1cccc(/C=N/c2ncccc2O)n1. The van der Waals surface area contributed by atoms with E-state index in [4.69, 9.17) is 0 Å². The minimum Gasteiger partial charge on any atom is -0.504 e. The molecule has 0 fully saturated rings. The molecule has 0 radical (unpaired) electrons. The Morgan fingerprint density at radius 3 is 2.94 bits per heavy atom. The zero-order chi connectivity index (χ0) is 12.8. The first-order chi connectivity index (χ1) is 8.79. The molecule has 90 valence electrons. The third-order valence-corrected chi connectivity index (χ3v) is 2.06. The average molecular weight is 242 g/mol. The Kier molecular flexibility index (Phi) is 3.60. The minimum atomic E-state index is -0.00378. The lowest BCUT2D eigenvalue weighted by Gasteiger charge is -1.99. The fraction of sp³-hybridized carbons (Fsp3) is 0. The molecule has 2 aromatic heterocycles. The number of anilines is 1. The fourth-order valence-electron chi connectivity index (χ4n) is 1.28. The molecule has 6 nitrogen and oxygen atoms in total. The zero-order valence-electron chi connectivity index (χ0n) is 9.32. The summed E-state index contributed by atoms with van der Waals surface area (Å²) >= 11 is 0. The van der Waals surface area contributed by atoms with Crippen molar-refractivity contribution in [2.45, 2.75) is 0 Å². The van der Waals surface area contributed by atoms with E-state index in [1.165, 1.54) is 18.5 Å². The lowest BCUT2D eigenvalue weighted by Crippen LogP contribution is -1.98. The number of aromatic nitrogens is 2. The number of aromatic hydroxyl groups is 1. The Balaban J connectivity index is 2.21. The smallest absolute Gasteiger partial charge is 0.212 e. The summed E-state index contributed by atoms with van der Waals surface area (Å²) in [6.45, 7) is 0. The number of nitrogens with zero attached hydrogens (tertiary/aromatic N) is 3. The van der Waals surface area contributed by atoms with Crippen LogP contribution < -0.4 is 5.32 Å². The van der Waals surface area contributed by atoms with Crippen LogP contribution in [-0.4, -0.2) is 27.7 Å². The van der Waals surface area contributed by atoms with E-state index in [0.717, 1.165) is 0 Å². The van der Waals surface area contributed by atoms with E-state index >= 15 is 0 Å². The number of pyridine rings is 2. The van der Waals surface area contributed by atoms with Crippen LogP contribution in [0.1, 0.15) is 5.69 Å². The predicted molar refractivity (Wildman–Crippen MR) is 67.1 cm³/mol. The molecule has 0 aliphatic heterocycles. The van der Waals surface area contributed by atoms with Gasteiger partial charge in [0, 0.05) is 6.20 Å². The maximum absolute atomic E-state index is 10.3. The van der Waals surface area contributed by atoms with Gasteiger partial charge < -0.3 is 10.4 Å². The van der Waals surface area contributed by atoms with Crippen molar-refractivity contribution in [2.75, 3.05) is 5.32 Å². The summed E-state index contributed by atoms with van der Waals surface area (Å²) < 4.78 is 0. The molecule has 0 spiro atoms. The van der Waals surface area contributed by atoms with Crippen LogP contribution in [-0.2, 0) is 4.79 Å². The van der Waals surface area contributed by atoms with E-state index < -0.39 is 0 Å². The number of hydrogen-bond donors (Lipinski definition) is 2. The summed E-state index contributed by atoms with van der Waals surface area (Å²) in [6.07, 6.45) is 3.54. The lowest BCUT2D eigenvalue weighted by molar-refractivity contribution is -0.105. The molecule has 0 aromatic carbocycles. The summed E-state index contributed by atoms with van der Waals surface area (Å²) in [4.78, 5) is 22.3. The second-order valence-corrected chi connectivity index (χ2v) is 3.31. The van der Waals surface area contributed by atoms with E-state index in [-0.39, 0.29) is 11.6 Å². The first kappa shape index (κ1) is 11.7. The molecule has 2 heterocycles. The molecule has 0 saturated carbocycles. The second kappa shape index (κ2) is 5.53. The number of amides is 1. The highest BCUT2D eigenvalue weighted by Crippen LogP contribution is 2.21. The van der Waals surface area contributed by atoms with Gasteiger partial charge in [-0.25, -0.2) is 15.0 Å². The average Bonchev–Trinajstić information content (AvgIpc) is 2.39. The van der Waals surface area contributed by atoms with Gasteiger partial charge in [-0.1, -0.05) is 6.07 Å². The molecule has 0 aliphatic carbocycles. The van der Waals surface area contributed by atoms with E-state index in [1.807, 2.05) is 0 Å². The number of aliphatic imine (C=N–C) groups is 1. The number of nitrogens with one attached hydrogen (secondary N) is 1. The van der Waals surface area contributed by atoms with Crippen LogP contribution in [0, 0.1) is 0 Å². The molecular formula is C12H10N4O2. The van der Waals surface area contributed by atoms with Crippen LogP contribution in [0.15, 0.2) is 41.5 Å². The van der Waals surface area contributed by atoms with E-state index in [2.05, 4.69) is 20.3 Å². The number of rotatable bonds is 4. The van der Waals surface area contributed by atoms with Gasteiger partial charge in [-0.15, -0.1) is 0 Å². The van der Waals surface area contributed by atoms with Crippen molar-refractivity contribution in [1.29, 1.82) is 0 Å². The molecule has 18 heavy (non-hydrogen) atoms. The zero-order valence-corrected chi connectivity index (χ0v) is 9.32. The third kappa shape index (κ3) is 2.88. The molecule has 1 amide bonds. The first-order valence-corrected chi connectivity index (χ1v) is 5.15. The van der Waals surface area contributed by atoms with Crippen molar-refractivity contribution in [1.82, 2.24) is 9.97 Å². The van der Waals surface area contributed by atoms with Crippen molar-refractivity contribution in [3.8, 4) is 5.75 Å². The van der Waals surface area contributed by atoms with Gasteiger partial charge in [-0.2, -0.15) is 0 Å². The van der Waals surface area contributed by atoms with Gasteiger partial charge in [0.25, 0.3) is 0 Å². The van der Waals surface area contributed by atoms with Gasteiger partial charge in [0.05, 0.1) is 11.9 Å². The van der Waals surface area contributed by atoms with Gasteiger partial charge in [-0.3, -0.25) is 4.79 Å². The standard InChI is InChI=1S/C12H10N4O2/c17-8-15-11-5-1-3-9(16-11)7-14-12-10(18)4-2-6-13-12/h1-8,18H,(H,15,16,17)/b14-7+. The molecular weight excluding hydrogens is 232 g/mol. The van der Waals surface area contributed by atoms with Gasteiger partial charge in [-0.05, 0) is 24.3 Å². The normalized spacial score (nSPS) is 10.4. The second-order valence-electron chi connectivity index (χ2n) is 3.31. The van der Waals surface area contributed by atoms with Gasteiger partial charge in [0.2, 0.25) is 6.41 Å². The van der Waals surface area contributed by atoms with E-state index in [1.54, 1.807) is 24.3 Å². The Hall–Kier alpha value is -2.76. The van der Waals surface area contributed by atoms with Crippen molar-refractivity contribution < 1.29 is 9.90 Å². The molecule has 0 atom stereocenters. The van der Waals surface area contributed by atoms with Gasteiger partial charge in [0.15, 0.2) is 11.6 Å². The van der Waals surface area contributed by atoms with Crippen molar-refractivity contribution in [2.24, 2.45) is 4.99 Å². The van der Waals surface area contributed by atoms with Crippen molar-refractivity contribution in [3.05, 3.63) is 42.2 Å². The third-order valence-electron chi connectivity index (χ3n) is 2.06. The van der Waals surface area contributed by atoms with Crippen LogP contribution in [0.3, 0.4) is 0 Å². The van der Waals surface area contributed by atoms with Crippen LogP contribution in [0.4, 0.5) is 11.6 Å². The fourth-order valence-corrected chi connectivity index (χ4v) is 1.28. The summed E-state index contributed by atoms with van der Waals surface area (Å²) in [5.74, 6) is 0.642. The summed E-state index contributed by atoms with van der Waals surface area (Å²) in [5.41, 5.74) is 0.548. The molecule has 6 heteroatoms. The summed E-state index contributed by atoms with van der Waals surface area (Å²) in [7, 11) is 0. The summed E-state index contributed by atoms with van der Waals surface area (Å²) in [5, 5.41) is 11.9. The molecule has 0 unspecified atom stereocenters. The monoisotopic (exact) mass is 242 g/mol. The van der Waals surface area contributed by atoms with Crippen LogP contribution in [0.25, 0.3) is 0 Å². The largest absolute Gasteiger partial charge is 0.504 e. The van der Waals surface area contributed by atoms with Crippen LogP contribution in [0.5, 0.6) is 5.75 Å². The highest BCUT2D eigenvalue weighted by Gasteiger charge is 1.98. The van der Waals surface area contributed by atoms with E-state index in [9.17, 15) is 9.90 Å². The Labute approximate surface area is 103 Å². The predicted octanol–water partition coefficient (Wildman–Crippen LogP) is 1.50. The maximum atomic E-state index is 10.3. The first-order valence-electron chi connectivity index (χ1n) is 5.15. The maximum Gasteiger partial charge on any atom is 0.212 e. The van der Waals surface area contributed by atoms with Crippen molar-refractivity contribution >= 4 is 24.3 Å². The number of carbonyl (C=O) groups is 1. The molecule has 0 bridgehead atoms. The van der Waals surface area contributed by atoms with E-state index in [0.29, 0.717) is 17.9 Å². The van der Waals surface area contributed by atoms with Gasteiger partial charge >= 0.3 is 0 Å². The molecule has 2 N–H and O–H groups in total. The Morgan fingerprint density at radius 1 is 1.28 bits per heavy atom. The Bertz CT molecular complexity index is 584. The molecule has 0 saturated heterocycles. The highest BCUT2D eigenvalue weighted by molar-refractivity contribution is 5.81. The summed E-state index contributed by atoms with van der Waals surface area (Å²) in [6, 6.07) is 8.22. The number of carbonyl (C=O) groups excluding carboxylic acids is 1. The minimum absolute atomic E-state index is 0.00378. The molecule has 0 aliphatic rings. The highest BCUT2D eigenvalue weighted by atomic mass is 16.3.